The predicted octanol–water partition coefficient (Wildman–Crippen LogP) is 2.24. The van der Waals surface area contributed by atoms with E-state index in [-0.39, 0.29) is 0 Å². The molecule has 1 aliphatic carbocycles. The molecule has 0 aromatic heterocycles. The van der Waals surface area contributed by atoms with Crippen molar-refractivity contribution >= 4 is 0 Å². The third kappa shape index (κ3) is 3.22. The predicted molar refractivity (Wildman–Crippen MR) is 90.7 cm³/mol. The SMILES string of the molecule is c1ccc(CN2CC3CCC(NC4CCNCC4)C3C2)cc1. The van der Waals surface area contributed by atoms with Gasteiger partial charge in [-0.05, 0) is 56.2 Å². The maximum absolute atomic E-state index is 4.01. The summed E-state index contributed by atoms with van der Waals surface area (Å²) in [6, 6.07) is 12.5. The molecule has 2 saturated heterocycles. The van der Waals surface area contributed by atoms with E-state index in [1.807, 2.05) is 0 Å². The molecule has 0 bridgehead atoms. The number of nitrogens with one attached hydrogen (secondary N) is 2. The standard InChI is InChI=1S/C19H29N3/c1-2-4-15(5-3-1)12-22-13-16-6-7-19(18(16)14-22)21-17-8-10-20-11-9-17/h1-5,16-21H,6-14H2. The largest absolute Gasteiger partial charge is 0.317 e. The van der Waals surface area contributed by atoms with Crippen molar-refractivity contribution in [2.45, 2.75) is 44.3 Å². The zero-order valence-electron chi connectivity index (χ0n) is 13.5. The van der Waals surface area contributed by atoms with Crippen LogP contribution >= 0.6 is 0 Å². The molecule has 3 aliphatic rings. The van der Waals surface area contributed by atoms with E-state index in [4.69, 9.17) is 0 Å². The van der Waals surface area contributed by atoms with Crippen LogP contribution in [-0.2, 0) is 6.54 Å². The third-order valence-corrected chi connectivity index (χ3v) is 5.97. The third-order valence-electron chi connectivity index (χ3n) is 5.97. The minimum absolute atomic E-state index is 0.758. The Labute approximate surface area is 134 Å². The van der Waals surface area contributed by atoms with E-state index in [9.17, 15) is 0 Å². The molecule has 0 amide bonds. The van der Waals surface area contributed by atoms with Gasteiger partial charge in [0.25, 0.3) is 0 Å². The monoisotopic (exact) mass is 299 g/mol. The normalized spacial score (nSPS) is 33.2. The summed E-state index contributed by atoms with van der Waals surface area (Å²) in [5.74, 6) is 1.82. The molecule has 3 atom stereocenters. The number of fused-ring (bicyclic) bond motifs is 1. The van der Waals surface area contributed by atoms with Crippen molar-refractivity contribution in [1.29, 1.82) is 0 Å². The molecule has 3 fully saturated rings. The second-order valence-electron chi connectivity index (χ2n) is 7.48. The van der Waals surface area contributed by atoms with E-state index in [2.05, 4.69) is 45.9 Å². The Morgan fingerprint density at radius 3 is 2.64 bits per heavy atom. The summed E-state index contributed by atoms with van der Waals surface area (Å²) < 4.78 is 0. The summed E-state index contributed by atoms with van der Waals surface area (Å²) in [7, 11) is 0. The number of rotatable bonds is 4. The molecule has 3 nitrogen and oxygen atoms in total. The van der Waals surface area contributed by atoms with E-state index in [1.165, 1.54) is 57.4 Å². The van der Waals surface area contributed by atoms with Crippen LogP contribution in [0.15, 0.2) is 30.3 Å². The van der Waals surface area contributed by atoms with E-state index in [1.54, 1.807) is 0 Å². The van der Waals surface area contributed by atoms with Gasteiger partial charge in [0.15, 0.2) is 0 Å². The molecule has 0 radical (unpaired) electrons. The molecule has 3 heteroatoms. The molecular formula is C19H29N3. The summed E-state index contributed by atoms with van der Waals surface area (Å²) in [4.78, 5) is 2.68. The first-order chi connectivity index (χ1) is 10.9. The molecule has 3 unspecified atom stereocenters. The first-order valence-corrected chi connectivity index (χ1v) is 9.11. The van der Waals surface area contributed by atoms with Crippen LogP contribution in [-0.4, -0.2) is 43.2 Å². The highest BCUT2D eigenvalue weighted by Gasteiger charge is 2.42. The lowest BCUT2D eigenvalue weighted by Crippen LogP contribution is -2.46. The van der Waals surface area contributed by atoms with Crippen molar-refractivity contribution in [2.75, 3.05) is 26.2 Å². The van der Waals surface area contributed by atoms with Crippen LogP contribution in [0.4, 0.5) is 0 Å². The number of hydrogen-bond acceptors (Lipinski definition) is 3. The number of benzene rings is 1. The fourth-order valence-electron chi connectivity index (χ4n) is 4.83. The minimum atomic E-state index is 0.758. The Morgan fingerprint density at radius 2 is 1.82 bits per heavy atom. The van der Waals surface area contributed by atoms with Crippen molar-refractivity contribution < 1.29 is 0 Å². The van der Waals surface area contributed by atoms with Crippen LogP contribution in [0.2, 0.25) is 0 Å². The van der Waals surface area contributed by atoms with Gasteiger partial charge in [-0.15, -0.1) is 0 Å². The lowest BCUT2D eigenvalue weighted by molar-refractivity contribution is 0.269. The van der Waals surface area contributed by atoms with Gasteiger partial charge in [0.05, 0.1) is 0 Å². The van der Waals surface area contributed by atoms with E-state index >= 15 is 0 Å². The zero-order chi connectivity index (χ0) is 14.8. The Hall–Kier alpha value is -0.900. The molecule has 22 heavy (non-hydrogen) atoms. The van der Waals surface area contributed by atoms with Gasteiger partial charge in [0.2, 0.25) is 0 Å². The Bertz CT molecular complexity index is 469. The van der Waals surface area contributed by atoms with Crippen LogP contribution in [0.5, 0.6) is 0 Å². The number of likely N-dealkylation sites (tertiary alicyclic amines) is 1. The molecule has 1 aromatic rings. The molecule has 1 saturated carbocycles. The van der Waals surface area contributed by atoms with E-state index in [0.717, 1.165) is 30.5 Å². The van der Waals surface area contributed by atoms with Crippen LogP contribution in [0.1, 0.15) is 31.2 Å². The quantitative estimate of drug-likeness (QED) is 0.893. The highest BCUT2D eigenvalue weighted by atomic mass is 15.2. The second kappa shape index (κ2) is 6.69. The summed E-state index contributed by atoms with van der Waals surface area (Å²) >= 11 is 0. The fraction of sp³-hybridized carbons (Fsp3) is 0.684. The molecule has 2 heterocycles. The minimum Gasteiger partial charge on any atom is -0.317 e. The van der Waals surface area contributed by atoms with Gasteiger partial charge in [-0.3, -0.25) is 4.90 Å². The smallest absolute Gasteiger partial charge is 0.0233 e. The molecule has 2 aliphatic heterocycles. The molecule has 1 aromatic carbocycles. The van der Waals surface area contributed by atoms with Gasteiger partial charge in [-0.2, -0.15) is 0 Å². The van der Waals surface area contributed by atoms with Crippen molar-refractivity contribution in [3.63, 3.8) is 0 Å². The molecule has 0 spiro atoms. The average molecular weight is 299 g/mol. The first kappa shape index (κ1) is 14.7. The lowest BCUT2D eigenvalue weighted by atomic mass is 9.96. The summed E-state index contributed by atoms with van der Waals surface area (Å²) in [6.07, 6.45) is 5.44. The van der Waals surface area contributed by atoms with Gasteiger partial charge in [0, 0.05) is 31.7 Å². The Morgan fingerprint density at radius 1 is 1.00 bits per heavy atom. The molecule has 4 rings (SSSR count). The number of nitrogens with zero attached hydrogens (tertiary/aromatic N) is 1. The maximum atomic E-state index is 4.01. The van der Waals surface area contributed by atoms with Gasteiger partial charge < -0.3 is 10.6 Å². The van der Waals surface area contributed by atoms with Crippen molar-refractivity contribution in [1.82, 2.24) is 15.5 Å². The molecule has 120 valence electrons. The van der Waals surface area contributed by atoms with Crippen LogP contribution < -0.4 is 10.6 Å². The van der Waals surface area contributed by atoms with Crippen molar-refractivity contribution in [3.8, 4) is 0 Å². The maximum Gasteiger partial charge on any atom is 0.0233 e. The highest BCUT2D eigenvalue weighted by Crippen LogP contribution is 2.39. The lowest BCUT2D eigenvalue weighted by Gasteiger charge is -2.30. The van der Waals surface area contributed by atoms with Gasteiger partial charge in [-0.1, -0.05) is 30.3 Å². The number of hydrogen-bond donors (Lipinski definition) is 2. The van der Waals surface area contributed by atoms with Crippen LogP contribution in [0.25, 0.3) is 0 Å². The van der Waals surface area contributed by atoms with Gasteiger partial charge in [-0.25, -0.2) is 0 Å². The van der Waals surface area contributed by atoms with Crippen LogP contribution in [0.3, 0.4) is 0 Å². The van der Waals surface area contributed by atoms with Gasteiger partial charge in [0.1, 0.15) is 0 Å². The summed E-state index contributed by atoms with van der Waals surface area (Å²) in [5, 5.41) is 7.48. The molecular weight excluding hydrogens is 270 g/mol. The van der Waals surface area contributed by atoms with E-state index < -0.39 is 0 Å². The van der Waals surface area contributed by atoms with Gasteiger partial charge >= 0.3 is 0 Å². The summed E-state index contributed by atoms with van der Waals surface area (Å²) in [6.45, 7) is 6.12. The topological polar surface area (TPSA) is 27.3 Å². The van der Waals surface area contributed by atoms with E-state index in [0.29, 0.717) is 0 Å². The second-order valence-corrected chi connectivity index (χ2v) is 7.48. The molecule has 2 N–H and O–H groups in total. The Balaban J connectivity index is 1.32. The summed E-state index contributed by atoms with van der Waals surface area (Å²) in [5.41, 5.74) is 1.46. The fourth-order valence-corrected chi connectivity index (χ4v) is 4.83. The highest BCUT2D eigenvalue weighted by molar-refractivity contribution is 5.15. The van der Waals surface area contributed by atoms with Crippen molar-refractivity contribution in [3.05, 3.63) is 35.9 Å². The van der Waals surface area contributed by atoms with Crippen LogP contribution in [0, 0.1) is 11.8 Å². The first-order valence-electron chi connectivity index (χ1n) is 9.11. The Kier molecular flexibility index (Phi) is 4.47. The van der Waals surface area contributed by atoms with Crippen molar-refractivity contribution in [2.24, 2.45) is 11.8 Å². The average Bonchev–Trinajstić information content (AvgIpc) is 3.11. The number of piperidine rings is 1. The zero-order valence-corrected chi connectivity index (χ0v) is 13.5.